The molecule has 0 saturated heterocycles. The Morgan fingerprint density at radius 3 is 2.39 bits per heavy atom. The van der Waals surface area contributed by atoms with Crippen LogP contribution in [-0.4, -0.2) is 5.78 Å². The Kier molecular flexibility index (Phi) is 3.96. The largest absolute Gasteiger partial charge is 0.289 e. The Hall–Kier alpha value is -1.86. The van der Waals surface area contributed by atoms with E-state index in [0.717, 1.165) is 5.56 Å². The van der Waals surface area contributed by atoms with Gasteiger partial charge in [0.05, 0.1) is 5.02 Å². The molecule has 2 heteroatoms. The van der Waals surface area contributed by atoms with Crippen LogP contribution in [0.4, 0.5) is 0 Å². The van der Waals surface area contributed by atoms with Crippen LogP contribution >= 0.6 is 11.6 Å². The maximum absolute atomic E-state index is 11.9. The van der Waals surface area contributed by atoms with Crippen LogP contribution in [-0.2, 0) is 0 Å². The van der Waals surface area contributed by atoms with E-state index in [1.54, 1.807) is 30.4 Å². The van der Waals surface area contributed by atoms with Crippen LogP contribution in [0.3, 0.4) is 0 Å². The molecule has 0 unspecified atom stereocenters. The lowest BCUT2D eigenvalue weighted by molar-refractivity contribution is 0.104. The molecular weight excluding hydrogens is 244 g/mol. The fourth-order valence-electron chi connectivity index (χ4n) is 1.60. The predicted molar refractivity (Wildman–Crippen MR) is 76.0 cm³/mol. The number of rotatable bonds is 3. The van der Waals surface area contributed by atoms with Crippen LogP contribution in [0.2, 0.25) is 5.02 Å². The lowest BCUT2D eigenvalue weighted by Gasteiger charge is -1.98. The van der Waals surface area contributed by atoms with Gasteiger partial charge in [-0.15, -0.1) is 0 Å². The predicted octanol–water partition coefficient (Wildman–Crippen LogP) is 4.54. The summed E-state index contributed by atoms with van der Waals surface area (Å²) < 4.78 is 0. The highest BCUT2D eigenvalue weighted by Gasteiger charge is 2.05. The second-order valence-corrected chi connectivity index (χ2v) is 4.50. The minimum atomic E-state index is -0.0822. The van der Waals surface area contributed by atoms with E-state index in [0.29, 0.717) is 10.6 Å². The lowest BCUT2D eigenvalue weighted by Crippen LogP contribution is -1.94. The molecule has 0 spiro atoms. The van der Waals surface area contributed by atoms with Gasteiger partial charge in [-0.05, 0) is 30.7 Å². The fraction of sp³-hybridized carbons (Fsp3) is 0.0625. The first-order valence-corrected chi connectivity index (χ1v) is 6.08. The van der Waals surface area contributed by atoms with Crippen molar-refractivity contribution in [1.29, 1.82) is 0 Å². The molecule has 90 valence electrons. The second kappa shape index (κ2) is 5.65. The molecule has 0 radical (unpaired) electrons. The molecule has 0 aromatic heterocycles. The van der Waals surface area contributed by atoms with Crippen LogP contribution in [0.1, 0.15) is 21.5 Å². The zero-order valence-electron chi connectivity index (χ0n) is 10.1. The SMILES string of the molecule is Cc1ccc(C=CC(=O)c2ccccc2Cl)cc1. The molecule has 0 amide bonds. The van der Waals surface area contributed by atoms with Crippen molar-refractivity contribution in [2.24, 2.45) is 0 Å². The van der Waals surface area contributed by atoms with Crippen molar-refractivity contribution in [3.8, 4) is 0 Å². The average molecular weight is 257 g/mol. The highest BCUT2D eigenvalue weighted by molar-refractivity contribution is 6.34. The molecule has 0 heterocycles. The third-order valence-electron chi connectivity index (χ3n) is 2.64. The van der Waals surface area contributed by atoms with Crippen molar-refractivity contribution >= 4 is 23.5 Å². The highest BCUT2D eigenvalue weighted by atomic mass is 35.5. The quantitative estimate of drug-likeness (QED) is 0.582. The lowest BCUT2D eigenvalue weighted by atomic mass is 10.1. The Bertz CT molecular complexity index is 582. The van der Waals surface area contributed by atoms with Crippen LogP contribution in [0, 0.1) is 6.92 Å². The van der Waals surface area contributed by atoms with Gasteiger partial charge >= 0.3 is 0 Å². The first-order valence-electron chi connectivity index (χ1n) is 5.70. The summed E-state index contributed by atoms with van der Waals surface area (Å²) in [5.41, 5.74) is 2.73. The van der Waals surface area contributed by atoms with Gasteiger partial charge < -0.3 is 0 Å². The minimum absolute atomic E-state index is 0.0822. The molecule has 0 aliphatic heterocycles. The van der Waals surface area contributed by atoms with Crippen molar-refractivity contribution in [3.63, 3.8) is 0 Å². The summed E-state index contributed by atoms with van der Waals surface area (Å²) in [5, 5.41) is 0.482. The first kappa shape index (κ1) is 12.6. The zero-order valence-corrected chi connectivity index (χ0v) is 10.8. The van der Waals surface area contributed by atoms with E-state index in [1.807, 2.05) is 37.3 Å². The number of carbonyl (C=O) groups excluding carboxylic acids is 1. The minimum Gasteiger partial charge on any atom is -0.289 e. The highest BCUT2D eigenvalue weighted by Crippen LogP contribution is 2.16. The van der Waals surface area contributed by atoms with Gasteiger partial charge in [-0.1, -0.05) is 59.6 Å². The number of hydrogen-bond acceptors (Lipinski definition) is 1. The number of allylic oxidation sites excluding steroid dienone is 1. The van der Waals surface area contributed by atoms with Crippen molar-refractivity contribution in [2.75, 3.05) is 0 Å². The Morgan fingerprint density at radius 1 is 1.06 bits per heavy atom. The summed E-state index contributed by atoms with van der Waals surface area (Å²) in [7, 11) is 0. The molecule has 0 atom stereocenters. The van der Waals surface area contributed by atoms with Crippen LogP contribution < -0.4 is 0 Å². The fourth-order valence-corrected chi connectivity index (χ4v) is 1.83. The van der Waals surface area contributed by atoms with E-state index >= 15 is 0 Å². The number of ketones is 1. The third-order valence-corrected chi connectivity index (χ3v) is 2.97. The second-order valence-electron chi connectivity index (χ2n) is 4.09. The van der Waals surface area contributed by atoms with Gasteiger partial charge in [0, 0.05) is 5.56 Å². The summed E-state index contributed by atoms with van der Waals surface area (Å²) >= 11 is 5.97. The third kappa shape index (κ3) is 3.08. The molecule has 1 nitrogen and oxygen atoms in total. The van der Waals surface area contributed by atoms with E-state index in [4.69, 9.17) is 11.6 Å². The van der Waals surface area contributed by atoms with Crippen LogP contribution in [0.15, 0.2) is 54.6 Å². The van der Waals surface area contributed by atoms with Crippen LogP contribution in [0.5, 0.6) is 0 Å². The maximum atomic E-state index is 11.9. The average Bonchev–Trinajstić information content (AvgIpc) is 2.38. The number of hydrogen-bond donors (Lipinski definition) is 0. The summed E-state index contributed by atoms with van der Waals surface area (Å²) in [6.07, 6.45) is 3.34. The van der Waals surface area contributed by atoms with Crippen LogP contribution in [0.25, 0.3) is 6.08 Å². The summed E-state index contributed by atoms with van der Waals surface area (Å²) in [4.78, 5) is 11.9. The molecule has 0 aliphatic carbocycles. The molecule has 18 heavy (non-hydrogen) atoms. The molecule has 2 rings (SSSR count). The topological polar surface area (TPSA) is 17.1 Å². The van der Waals surface area contributed by atoms with Crippen molar-refractivity contribution in [1.82, 2.24) is 0 Å². The molecule has 0 fully saturated rings. The molecule has 0 bridgehead atoms. The van der Waals surface area contributed by atoms with Crippen molar-refractivity contribution in [3.05, 3.63) is 76.3 Å². The number of benzene rings is 2. The molecule has 2 aromatic rings. The van der Waals surface area contributed by atoms with Gasteiger partial charge in [-0.3, -0.25) is 4.79 Å². The summed E-state index contributed by atoms with van der Waals surface area (Å²) in [6.45, 7) is 2.03. The number of carbonyl (C=O) groups is 1. The van der Waals surface area contributed by atoms with Gasteiger partial charge in [-0.25, -0.2) is 0 Å². The van der Waals surface area contributed by atoms with Gasteiger partial charge in [0.2, 0.25) is 0 Å². The van der Waals surface area contributed by atoms with Crippen molar-refractivity contribution < 1.29 is 4.79 Å². The zero-order chi connectivity index (χ0) is 13.0. The molecule has 0 aliphatic rings. The van der Waals surface area contributed by atoms with E-state index in [-0.39, 0.29) is 5.78 Å². The molecule has 2 aromatic carbocycles. The standard InChI is InChI=1S/C16H13ClO/c1-12-6-8-13(9-7-12)10-11-16(18)14-4-2-3-5-15(14)17/h2-11H,1H3. The van der Waals surface area contributed by atoms with E-state index in [1.165, 1.54) is 5.56 Å². The van der Waals surface area contributed by atoms with E-state index in [2.05, 4.69) is 0 Å². The Labute approximate surface area is 112 Å². The monoisotopic (exact) mass is 256 g/mol. The summed E-state index contributed by atoms with van der Waals surface area (Å²) in [6, 6.07) is 15.0. The van der Waals surface area contributed by atoms with E-state index < -0.39 is 0 Å². The Morgan fingerprint density at radius 2 is 1.72 bits per heavy atom. The Balaban J connectivity index is 2.17. The van der Waals surface area contributed by atoms with Gasteiger partial charge in [0.15, 0.2) is 5.78 Å². The van der Waals surface area contributed by atoms with Gasteiger partial charge in [-0.2, -0.15) is 0 Å². The normalized spacial score (nSPS) is 10.8. The first-order chi connectivity index (χ1) is 8.66. The maximum Gasteiger partial charge on any atom is 0.187 e. The van der Waals surface area contributed by atoms with Crippen molar-refractivity contribution in [2.45, 2.75) is 6.92 Å². The number of halogens is 1. The molecule has 0 N–H and O–H groups in total. The van der Waals surface area contributed by atoms with E-state index in [9.17, 15) is 4.79 Å². The van der Waals surface area contributed by atoms with Gasteiger partial charge in [0.25, 0.3) is 0 Å². The molecular formula is C16H13ClO. The summed E-state index contributed by atoms with van der Waals surface area (Å²) in [5.74, 6) is -0.0822. The number of aryl methyl sites for hydroxylation is 1. The van der Waals surface area contributed by atoms with Gasteiger partial charge in [0.1, 0.15) is 0 Å². The molecule has 0 saturated carbocycles. The smallest absolute Gasteiger partial charge is 0.187 e.